The number of fused-ring (bicyclic) bond motifs is 1. The van der Waals surface area contributed by atoms with Crippen LogP contribution < -0.4 is 5.32 Å². The summed E-state index contributed by atoms with van der Waals surface area (Å²) in [5, 5.41) is 2.72. The van der Waals surface area contributed by atoms with Gasteiger partial charge in [-0.25, -0.2) is 13.4 Å². The van der Waals surface area contributed by atoms with Gasteiger partial charge in [0.15, 0.2) is 5.69 Å². The van der Waals surface area contributed by atoms with Crippen molar-refractivity contribution in [1.82, 2.24) is 19.6 Å². The van der Waals surface area contributed by atoms with Gasteiger partial charge in [0.1, 0.15) is 0 Å². The Labute approximate surface area is 153 Å². The number of unbranched alkanes of at least 4 members (excludes halogenated alkanes) is 1. The number of aromatic nitrogens is 2. The topological polar surface area (TPSA) is 93.0 Å². The molecule has 8 nitrogen and oxygen atoms in total. The van der Waals surface area contributed by atoms with Crippen molar-refractivity contribution in [3.63, 3.8) is 0 Å². The van der Waals surface area contributed by atoms with Crippen LogP contribution in [0.15, 0.2) is 29.6 Å². The number of nitrogens with zero attached hydrogens (tertiary/aromatic N) is 3. The maximum atomic E-state index is 12.5. The molecule has 9 heteroatoms. The average molecular weight is 380 g/mol. The highest BCUT2D eigenvalue weighted by atomic mass is 32.2. The van der Waals surface area contributed by atoms with E-state index in [0.29, 0.717) is 12.1 Å². The van der Waals surface area contributed by atoms with E-state index in [1.165, 1.54) is 4.40 Å². The highest BCUT2D eigenvalue weighted by molar-refractivity contribution is 7.90. The molecule has 1 saturated heterocycles. The molecule has 0 aliphatic carbocycles. The van der Waals surface area contributed by atoms with Crippen molar-refractivity contribution in [2.75, 3.05) is 45.6 Å². The molecule has 3 rings (SSSR count). The summed E-state index contributed by atoms with van der Waals surface area (Å²) in [7, 11) is -3.53. The summed E-state index contributed by atoms with van der Waals surface area (Å²) < 4.78 is 30.6. The second-order valence-corrected chi connectivity index (χ2v) is 8.30. The molecular formula is C17H24N4O4S. The third-order valence-corrected chi connectivity index (χ3v) is 5.30. The summed E-state index contributed by atoms with van der Waals surface area (Å²) in [6.07, 6.45) is 4.52. The molecule has 0 spiro atoms. The summed E-state index contributed by atoms with van der Waals surface area (Å²) in [5.74, 6) is -0.352. The van der Waals surface area contributed by atoms with Crippen LogP contribution in [-0.4, -0.2) is 74.3 Å². The van der Waals surface area contributed by atoms with E-state index in [-0.39, 0.29) is 16.8 Å². The highest BCUT2D eigenvalue weighted by Crippen LogP contribution is 2.16. The molecule has 0 atom stereocenters. The van der Waals surface area contributed by atoms with Gasteiger partial charge in [-0.2, -0.15) is 0 Å². The minimum absolute atomic E-state index is 0.120. The fraction of sp³-hybridized carbons (Fsp3) is 0.529. The number of morpholine rings is 1. The average Bonchev–Trinajstić information content (AvgIpc) is 3.02. The lowest BCUT2D eigenvalue weighted by Crippen LogP contribution is -2.37. The molecule has 0 aromatic carbocycles. The zero-order valence-corrected chi connectivity index (χ0v) is 15.7. The first-order valence-corrected chi connectivity index (χ1v) is 10.6. The van der Waals surface area contributed by atoms with E-state index in [2.05, 4.69) is 15.2 Å². The largest absolute Gasteiger partial charge is 0.379 e. The number of ether oxygens (including phenoxy) is 1. The van der Waals surface area contributed by atoms with Gasteiger partial charge in [0.2, 0.25) is 15.0 Å². The second kappa shape index (κ2) is 8.15. The fourth-order valence-corrected chi connectivity index (χ4v) is 3.78. The lowest BCUT2D eigenvalue weighted by atomic mass is 10.2. The molecule has 0 radical (unpaired) electrons. The summed E-state index contributed by atoms with van der Waals surface area (Å²) in [5.41, 5.74) is 0.623. The summed E-state index contributed by atoms with van der Waals surface area (Å²) in [6.45, 7) is 5.01. The Hall–Kier alpha value is -1.97. The van der Waals surface area contributed by atoms with Gasteiger partial charge < -0.3 is 10.1 Å². The van der Waals surface area contributed by atoms with E-state index in [4.69, 9.17) is 4.74 Å². The Morgan fingerprint density at radius 1 is 1.27 bits per heavy atom. The first-order valence-electron chi connectivity index (χ1n) is 8.72. The predicted octanol–water partition coefficient (Wildman–Crippen LogP) is 0.580. The first kappa shape index (κ1) is 18.8. The minimum atomic E-state index is -3.53. The Kier molecular flexibility index (Phi) is 5.90. The van der Waals surface area contributed by atoms with Crippen LogP contribution in [0.5, 0.6) is 0 Å². The summed E-state index contributed by atoms with van der Waals surface area (Å²) in [4.78, 5) is 18.9. The third kappa shape index (κ3) is 4.40. The van der Waals surface area contributed by atoms with Crippen molar-refractivity contribution < 1.29 is 17.9 Å². The maximum Gasteiger partial charge on any atom is 0.272 e. The minimum Gasteiger partial charge on any atom is -0.379 e. The highest BCUT2D eigenvalue weighted by Gasteiger charge is 2.22. The van der Waals surface area contributed by atoms with Crippen molar-refractivity contribution in [2.45, 2.75) is 18.0 Å². The van der Waals surface area contributed by atoms with Crippen molar-refractivity contribution >= 4 is 21.3 Å². The number of sulfone groups is 1. The molecule has 26 heavy (non-hydrogen) atoms. The number of amides is 1. The van der Waals surface area contributed by atoms with Crippen LogP contribution in [0.1, 0.15) is 23.3 Å². The van der Waals surface area contributed by atoms with Gasteiger partial charge >= 0.3 is 0 Å². The van der Waals surface area contributed by atoms with E-state index in [9.17, 15) is 13.2 Å². The van der Waals surface area contributed by atoms with E-state index >= 15 is 0 Å². The molecule has 2 aromatic heterocycles. The summed E-state index contributed by atoms with van der Waals surface area (Å²) in [6, 6.07) is 5.15. The van der Waals surface area contributed by atoms with Crippen LogP contribution in [0, 0.1) is 0 Å². The molecule has 1 aliphatic heterocycles. The van der Waals surface area contributed by atoms with Crippen LogP contribution >= 0.6 is 0 Å². The molecule has 2 aromatic rings. The normalized spacial score (nSPS) is 16.0. The molecule has 1 amide bonds. The van der Waals surface area contributed by atoms with Crippen LogP contribution in [0.3, 0.4) is 0 Å². The monoisotopic (exact) mass is 380 g/mol. The molecule has 0 bridgehead atoms. The number of imidazole rings is 1. The van der Waals surface area contributed by atoms with E-state index in [0.717, 1.165) is 51.9 Å². The summed E-state index contributed by atoms with van der Waals surface area (Å²) >= 11 is 0. The lowest BCUT2D eigenvalue weighted by Gasteiger charge is -2.26. The fourth-order valence-electron chi connectivity index (χ4n) is 3.01. The molecule has 0 unspecified atom stereocenters. The van der Waals surface area contributed by atoms with Crippen LogP contribution in [0.2, 0.25) is 0 Å². The smallest absolute Gasteiger partial charge is 0.272 e. The van der Waals surface area contributed by atoms with Crippen molar-refractivity contribution in [2.24, 2.45) is 0 Å². The van der Waals surface area contributed by atoms with Gasteiger partial charge in [-0.15, -0.1) is 0 Å². The SMILES string of the molecule is CS(=O)(=O)c1nc(C(=O)NCCCCN2CCOCC2)c2ccccn12. The number of carbonyl (C=O) groups is 1. The van der Waals surface area contributed by atoms with Gasteiger partial charge in [-0.05, 0) is 31.5 Å². The second-order valence-electron chi connectivity index (χ2n) is 6.39. The zero-order chi connectivity index (χ0) is 18.6. The maximum absolute atomic E-state index is 12.5. The number of pyridine rings is 1. The van der Waals surface area contributed by atoms with Crippen LogP contribution in [0.4, 0.5) is 0 Å². The Morgan fingerprint density at radius 2 is 2.04 bits per heavy atom. The molecule has 1 aliphatic rings. The van der Waals surface area contributed by atoms with Crippen molar-refractivity contribution in [3.8, 4) is 0 Å². The van der Waals surface area contributed by atoms with Crippen molar-refractivity contribution in [3.05, 3.63) is 30.1 Å². The van der Waals surface area contributed by atoms with E-state index in [1.54, 1.807) is 24.4 Å². The van der Waals surface area contributed by atoms with E-state index in [1.807, 2.05) is 0 Å². The molecule has 1 N–H and O–H groups in total. The molecule has 1 fully saturated rings. The predicted molar refractivity (Wildman–Crippen MR) is 97.1 cm³/mol. The number of rotatable bonds is 7. The Bertz CT molecular complexity index is 872. The van der Waals surface area contributed by atoms with Gasteiger partial charge in [0.25, 0.3) is 5.91 Å². The number of carbonyl (C=O) groups excluding carboxylic acids is 1. The molecule has 3 heterocycles. The lowest BCUT2D eigenvalue weighted by molar-refractivity contribution is 0.0372. The number of hydrogen-bond donors (Lipinski definition) is 1. The molecular weight excluding hydrogens is 356 g/mol. The van der Waals surface area contributed by atoms with E-state index < -0.39 is 9.84 Å². The molecule has 142 valence electrons. The van der Waals surface area contributed by atoms with Crippen molar-refractivity contribution in [1.29, 1.82) is 0 Å². The van der Waals surface area contributed by atoms with Gasteiger partial charge in [0.05, 0.1) is 18.7 Å². The Balaban J connectivity index is 1.58. The Morgan fingerprint density at radius 3 is 2.77 bits per heavy atom. The van der Waals surface area contributed by atoms with Gasteiger partial charge in [-0.3, -0.25) is 14.1 Å². The zero-order valence-electron chi connectivity index (χ0n) is 14.8. The quantitative estimate of drug-likeness (QED) is 0.707. The van der Waals surface area contributed by atoms with Gasteiger partial charge in [0, 0.05) is 32.1 Å². The number of nitrogens with one attached hydrogen (secondary N) is 1. The standard InChI is InChI=1S/C17H24N4O4S/c1-26(23,24)17-19-15(14-6-2-4-9-21(14)17)16(22)18-7-3-5-8-20-10-12-25-13-11-20/h2,4,6,9H,3,5,7-8,10-13H2,1H3,(H,18,22). The van der Waals surface area contributed by atoms with Crippen LogP contribution in [0.25, 0.3) is 5.52 Å². The number of hydrogen-bond acceptors (Lipinski definition) is 6. The third-order valence-electron chi connectivity index (χ3n) is 4.35. The van der Waals surface area contributed by atoms with Gasteiger partial charge in [-0.1, -0.05) is 6.07 Å². The molecule has 0 saturated carbocycles. The first-order chi connectivity index (χ1) is 12.5. The van der Waals surface area contributed by atoms with Crippen LogP contribution in [-0.2, 0) is 14.6 Å².